The summed E-state index contributed by atoms with van der Waals surface area (Å²) in [7, 11) is 0. The van der Waals surface area contributed by atoms with E-state index in [1.54, 1.807) is 12.1 Å². The highest BCUT2D eigenvalue weighted by Gasteiger charge is 2.38. The maximum Gasteiger partial charge on any atom is 0.269 e. The first-order chi connectivity index (χ1) is 14.2. The fourth-order valence-corrected chi connectivity index (χ4v) is 4.76. The van der Waals surface area contributed by atoms with E-state index >= 15 is 0 Å². The Morgan fingerprint density at radius 3 is 2.83 bits per heavy atom. The van der Waals surface area contributed by atoms with Crippen LogP contribution in [0.1, 0.15) is 42.3 Å². The summed E-state index contributed by atoms with van der Waals surface area (Å²) in [4.78, 5) is 10.6. The zero-order chi connectivity index (χ0) is 19.8. The second kappa shape index (κ2) is 7.52. The van der Waals surface area contributed by atoms with Gasteiger partial charge in [-0.05, 0) is 54.5 Å². The number of rotatable bonds is 5. The molecule has 0 radical (unpaired) electrons. The number of ether oxygens (including phenoxy) is 2. The monoisotopic (exact) mass is 392 g/mol. The minimum atomic E-state index is -0.356. The molecule has 0 spiro atoms. The van der Waals surface area contributed by atoms with Crippen molar-refractivity contribution in [2.75, 3.05) is 18.5 Å². The van der Waals surface area contributed by atoms with Gasteiger partial charge in [-0.1, -0.05) is 24.3 Å². The number of anilines is 1. The van der Waals surface area contributed by atoms with E-state index in [2.05, 4.69) is 29.6 Å². The second-order valence-corrected chi connectivity index (χ2v) is 8.02. The minimum Gasteiger partial charge on any atom is -0.491 e. The number of hydrogen-bond acceptors (Lipinski definition) is 5. The average Bonchev–Trinajstić information content (AvgIpc) is 3.44. The first kappa shape index (κ1) is 18.2. The van der Waals surface area contributed by atoms with Gasteiger partial charge in [-0.25, -0.2) is 0 Å². The van der Waals surface area contributed by atoms with Gasteiger partial charge in [0.25, 0.3) is 5.69 Å². The number of allylic oxidation sites excluding steroid dienone is 2. The van der Waals surface area contributed by atoms with Crippen molar-refractivity contribution in [2.45, 2.75) is 37.3 Å². The lowest BCUT2D eigenvalue weighted by molar-refractivity contribution is -0.384. The van der Waals surface area contributed by atoms with Crippen molar-refractivity contribution in [3.63, 3.8) is 0 Å². The van der Waals surface area contributed by atoms with Crippen LogP contribution in [0.15, 0.2) is 54.6 Å². The van der Waals surface area contributed by atoms with Crippen molar-refractivity contribution >= 4 is 11.4 Å². The molecule has 2 aliphatic heterocycles. The summed E-state index contributed by atoms with van der Waals surface area (Å²) in [5.74, 6) is 1.59. The lowest BCUT2D eigenvalue weighted by Crippen LogP contribution is -2.29. The Balaban J connectivity index is 1.38. The number of nitrogens with one attached hydrogen (secondary N) is 1. The third kappa shape index (κ3) is 3.49. The molecule has 0 saturated carbocycles. The quantitative estimate of drug-likeness (QED) is 0.441. The highest BCUT2D eigenvalue weighted by Crippen LogP contribution is 2.50. The van der Waals surface area contributed by atoms with Crippen LogP contribution in [0.3, 0.4) is 0 Å². The van der Waals surface area contributed by atoms with Crippen LogP contribution in [0.4, 0.5) is 11.4 Å². The van der Waals surface area contributed by atoms with E-state index in [-0.39, 0.29) is 22.8 Å². The molecule has 29 heavy (non-hydrogen) atoms. The van der Waals surface area contributed by atoms with Gasteiger partial charge in [-0.3, -0.25) is 10.1 Å². The number of nitro groups is 1. The molecule has 150 valence electrons. The van der Waals surface area contributed by atoms with Crippen LogP contribution in [-0.2, 0) is 4.74 Å². The van der Waals surface area contributed by atoms with E-state index in [0.29, 0.717) is 18.4 Å². The molecule has 2 aromatic carbocycles. The molecule has 1 fully saturated rings. The summed E-state index contributed by atoms with van der Waals surface area (Å²) in [6.07, 6.45) is 7.89. The average molecular weight is 392 g/mol. The summed E-state index contributed by atoms with van der Waals surface area (Å²) in [5.41, 5.74) is 3.56. The predicted octanol–water partition coefficient (Wildman–Crippen LogP) is 4.98. The summed E-state index contributed by atoms with van der Waals surface area (Å²) in [5, 5.41) is 14.6. The Morgan fingerprint density at radius 2 is 2.07 bits per heavy atom. The molecule has 3 aliphatic rings. The van der Waals surface area contributed by atoms with Crippen molar-refractivity contribution in [3.8, 4) is 5.75 Å². The third-order valence-electron chi connectivity index (χ3n) is 6.26. The van der Waals surface area contributed by atoms with Crippen molar-refractivity contribution in [1.29, 1.82) is 0 Å². The van der Waals surface area contributed by atoms with Crippen molar-refractivity contribution in [1.82, 2.24) is 0 Å². The maximum absolute atomic E-state index is 11.0. The minimum absolute atomic E-state index is 0.124. The molecule has 4 unspecified atom stereocenters. The Labute approximate surface area is 169 Å². The summed E-state index contributed by atoms with van der Waals surface area (Å²) in [6.45, 7) is 1.43. The lowest BCUT2D eigenvalue weighted by Gasteiger charge is -2.37. The van der Waals surface area contributed by atoms with Crippen LogP contribution < -0.4 is 10.1 Å². The Kier molecular flexibility index (Phi) is 4.72. The predicted molar refractivity (Wildman–Crippen MR) is 110 cm³/mol. The van der Waals surface area contributed by atoms with Crippen LogP contribution in [0.5, 0.6) is 5.75 Å². The Bertz CT molecular complexity index is 934. The molecular weight excluding hydrogens is 368 g/mol. The van der Waals surface area contributed by atoms with Crippen LogP contribution in [-0.4, -0.2) is 24.2 Å². The van der Waals surface area contributed by atoms with Gasteiger partial charge < -0.3 is 14.8 Å². The molecule has 0 amide bonds. The molecule has 1 N–H and O–H groups in total. The van der Waals surface area contributed by atoms with E-state index in [4.69, 9.17) is 9.47 Å². The molecule has 0 bridgehead atoms. The van der Waals surface area contributed by atoms with Gasteiger partial charge in [0.1, 0.15) is 12.4 Å². The molecule has 1 saturated heterocycles. The number of fused-ring (bicyclic) bond motifs is 3. The fraction of sp³-hybridized carbons (Fsp3) is 0.391. The van der Waals surface area contributed by atoms with Gasteiger partial charge in [0.05, 0.1) is 17.1 Å². The smallest absolute Gasteiger partial charge is 0.269 e. The molecule has 2 aromatic rings. The maximum atomic E-state index is 11.0. The van der Waals surface area contributed by atoms with Crippen molar-refractivity contribution in [2.24, 2.45) is 5.92 Å². The topological polar surface area (TPSA) is 73.6 Å². The first-order valence-electron chi connectivity index (χ1n) is 10.2. The molecular formula is C23H24N2O4. The summed E-state index contributed by atoms with van der Waals surface area (Å²) < 4.78 is 11.7. The van der Waals surface area contributed by atoms with Crippen LogP contribution in [0, 0.1) is 16.0 Å². The zero-order valence-corrected chi connectivity index (χ0v) is 16.1. The molecule has 0 aromatic heterocycles. The molecule has 6 heteroatoms. The van der Waals surface area contributed by atoms with Crippen LogP contribution >= 0.6 is 0 Å². The fourth-order valence-electron chi connectivity index (χ4n) is 4.76. The van der Waals surface area contributed by atoms with E-state index in [0.717, 1.165) is 42.9 Å². The van der Waals surface area contributed by atoms with Gasteiger partial charge in [0.2, 0.25) is 0 Å². The number of nitro benzene ring substituents is 1. The zero-order valence-electron chi connectivity index (χ0n) is 16.1. The van der Waals surface area contributed by atoms with Crippen molar-refractivity contribution in [3.05, 3.63) is 75.9 Å². The SMILES string of the molecule is O=[N+]([O-])c1ccc(C2Nc3ccc(OCC4CCCO4)cc3C3C=CCC32)cc1. The molecule has 2 heterocycles. The Hall–Kier alpha value is -2.86. The van der Waals surface area contributed by atoms with E-state index in [1.165, 1.54) is 5.56 Å². The van der Waals surface area contributed by atoms with Crippen molar-refractivity contribution < 1.29 is 14.4 Å². The molecule has 6 nitrogen and oxygen atoms in total. The Morgan fingerprint density at radius 1 is 1.21 bits per heavy atom. The third-order valence-corrected chi connectivity index (χ3v) is 6.26. The van der Waals surface area contributed by atoms with E-state index < -0.39 is 0 Å². The standard InChI is InChI=1S/C23H24N2O4/c26-25(27)16-8-6-15(7-9-16)23-20-5-1-4-19(20)21-13-17(10-11-22(21)24-23)29-14-18-3-2-12-28-18/h1,4,6-11,13,18-20,23-24H,2-3,5,12,14H2. The number of non-ortho nitro benzene ring substituents is 1. The first-order valence-corrected chi connectivity index (χ1v) is 10.2. The highest BCUT2D eigenvalue weighted by molar-refractivity contribution is 5.62. The van der Waals surface area contributed by atoms with Crippen LogP contribution in [0.2, 0.25) is 0 Å². The van der Waals surface area contributed by atoms with Gasteiger partial charge in [0, 0.05) is 30.3 Å². The normalized spacial score (nSPS) is 27.2. The summed E-state index contributed by atoms with van der Waals surface area (Å²) in [6, 6.07) is 13.3. The largest absolute Gasteiger partial charge is 0.491 e. The summed E-state index contributed by atoms with van der Waals surface area (Å²) >= 11 is 0. The second-order valence-electron chi connectivity index (χ2n) is 8.02. The van der Waals surface area contributed by atoms with E-state index in [9.17, 15) is 10.1 Å². The van der Waals surface area contributed by atoms with Gasteiger partial charge in [-0.2, -0.15) is 0 Å². The van der Waals surface area contributed by atoms with Gasteiger partial charge >= 0.3 is 0 Å². The highest BCUT2D eigenvalue weighted by atomic mass is 16.6. The lowest BCUT2D eigenvalue weighted by atomic mass is 9.77. The number of benzene rings is 2. The number of hydrogen-bond donors (Lipinski definition) is 1. The number of nitrogens with zero attached hydrogens (tertiary/aromatic N) is 1. The van der Waals surface area contributed by atoms with Gasteiger partial charge in [0.15, 0.2) is 0 Å². The van der Waals surface area contributed by atoms with Crippen LogP contribution in [0.25, 0.3) is 0 Å². The van der Waals surface area contributed by atoms with Gasteiger partial charge in [-0.15, -0.1) is 0 Å². The molecule has 5 rings (SSSR count). The molecule has 1 aliphatic carbocycles. The van der Waals surface area contributed by atoms with E-state index in [1.807, 2.05) is 18.2 Å². The molecule has 4 atom stereocenters.